The summed E-state index contributed by atoms with van der Waals surface area (Å²) in [5.74, 6) is -0.0406. The first kappa shape index (κ1) is 14.7. The molecule has 0 unspecified atom stereocenters. The quantitative estimate of drug-likeness (QED) is 0.752. The predicted octanol–water partition coefficient (Wildman–Crippen LogP) is 1.68. The lowest BCUT2D eigenvalue weighted by Gasteiger charge is -2.06. The first-order valence-corrected chi connectivity index (χ1v) is 6.51. The summed E-state index contributed by atoms with van der Waals surface area (Å²) in [4.78, 5) is 12.0. The van der Waals surface area contributed by atoms with Crippen molar-refractivity contribution in [2.75, 3.05) is 19.8 Å². The molecule has 5 nitrogen and oxygen atoms in total. The zero-order chi connectivity index (χ0) is 13.5. The van der Waals surface area contributed by atoms with Crippen molar-refractivity contribution in [3.05, 3.63) is 17.0 Å². The SMILES string of the molecule is CCOCCCNC(=O)c1c(C)nn(CC)c1C. The van der Waals surface area contributed by atoms with Crippen molar-refractivity contribution in [2.45, 2.75) is 40.7 Å². The van der Waals surface area contributed by atoms with Gasteiger partial charge in [0.1, 0.15) is 0 Å². The normalized spacial score (nSPS) is 10.7. The molecule has 1 aromatic rings. The van der Waals surface area contributed by atoms with E-state index in [1.807, 2.05) is 32.4 Å². The molecule has 0 spiro atoms. The Balaban J connectivity index is 2.54. The van der Waals surface area contributed by atoms with E-state index in [-0.39, 0.29) is 5.91 Å². The van der Waals surface area contributed by atoms with Gasteiger partial charge in [0.05, 0.1) is 11.3 Å². The predicted molar refractivity (Wildman–Crippen MR) is 70.8 cm³/mol. The maximum atomic E-state index is 12.0. The maximum Gasteiger partial charge on any atom is 0.255 e. The average molecular weight is 253 g/mol. The number of aromatic nitrogens is 2. The molecule has 1 N–H and O–H groups in total. The third-order valence-corrected chi connectivity index (χ3v) is 2.86. The van der Waals surface area contributed by atoms with Crippen LogP contribution < -0.4 is 5.32 Å². The van der Waals surface area contributed by atoms with Crippen molar-refractivity contribution in [1.29, 1.82) is 0 Å². The van der Waals surface area contributed by atoms with E-state index < -0.39 is 0 Å². The van der Waals surface area contributed by atoms with Gasteiger partial charge in [0, 0.05) is 32.0 Å². The maximum absolute atomic E-state index is 12.0. The molecule has 0 saturated carbocycles. The number of aryl methyl sites for hydroxylation is 2. The van der Waals surface area contributed by atoms with E-state index in [1.165, 1.54) is 0 Å². The first-order valence-electron chi connectivity index (χ1n) is 6.51. The zero-order valence-electron chi connectivity index (χ0n) is 11.7. The number of ether oxygens (including phenoxy) is 1. The fourth-order valence-electron chi connectivity index (χ4n) is 1.94. The molecule has 0 radical (unpaired) electrons. The molecule has 1 rings (SSSR count). The highest BCUT2D eigenvalue weighted by molar-refractivity contribution is 5.96. The van der Waals surface area contributed by atoms with Gasteiger partial charge in [-0.15, -0.1) is 0 Å². The minimum Gasteiger partial charge on any atom is -0.382 e. The number of amides is 1. The standard InChI is InChI=1S/C13H23N3O2/c1-5-16-11(4)12(10(3)15-16)13(17)14-8-7-9-18-6-2/h5-9H2,1-4H3,(H,14,17). The van der Waals surface area contributed by atoms with E-state index in [9.17, 15) is 4.79 Å². The second-order valence-electron chi connectivity index (χ2n) is 4.17. The summed E-state index contributed by atoms with van der Waals surface area (Å²) in [6, 6.07) is 0. The van der Waals surface area contributed by atoms with Crippen molar-refractivity contribution >= 4 is 5.91 Å². The summed E-state index contributed by atoms with van der Waals surface area (Å²) in [5.41, 5.74) is 2.42. The summed E-state index contributed by atoms with van der Waals surface area (Å²) in [5, 5.41) is 7.24. The van der Waals surface area contributed by atoms with Gasteiger partial charge in [0.15, 0.2) is 0 Å². The molecule has 0 aliphatic carbocycles. The van der Waals surface area contributed by atoms with Crippen molar-refractivity contribution in [3.8, 4) is 0 Å². The topological polar surface area (TPSA) is 56.1 Å². The van der Waals surface area contributed by atoms with Crippen LogP contribution in [-0.2, 0) is 11.3 Å². The fraction of sp³-hybridized carbons (Fsp3) is 0.692. The Morgan fingerprint density at radius 2 is 2.11 bits per heavy atom. The fourth-order valence-corrected chi connectivity index (χ4v) is 1.94. The third-order valence-electron chi connectivity index (χ3n) is 2.86. The average Bonchev–Trinajstić information content (AvgIpc) is 2.63. The zero-order valence-corrected chi connectivity index (χ0v) is 11.7. The molecule has 0 aliphatic heterocycles. The minimum atomic E-state index is -0.0406. The van der Waals surface area contributed by atoms with Gasteiger partial charge in [-0.25, -0.2) is 0 Å². The van der Waals surface area contributed by atoms with Gasteiger partial charge in [0.2, 0.25) is 0 Å². The largest absolute Gasteiger partial charge is 0.382 e. The number of nitrogens with zero attached hydrogens (tertiary/aromatic N) is 2. The Labute approximate surface area is 109 Å². The Kier molecular flexibility index (Phi) is 5.85. The lowest BCUT2D eigenvalue weighted by atomic mass is 10.2. The number of rotatable bonds is 7. The second-order valence-corrected chi connectivity index (χ2v) is 4.17. The van der Waals surface area contributed by atoms with Crippen molar-refractivity contribution < 1.29 is 9.53 Å². The number of hydrogen-bond acceptors (Lipinski definition) is 3. The van der Waals surface area contributed by atoms with E-state index in [0.29, 0.717) is 18.7 Å². The van der Waals surface area contributed by atoms with E-state index in [1.54, 1.807) is 0 Å². The van der Waals surface area contributed by atoms with E-state index in [4.69, 9.17) is 4.74 Å². The summed E-state index contributed by atoms with van der Waals surface area (Å²) in [7, 11) is 0. The van der Waals surface area contributed by atoms with Gasteiger partial charge >= 0.3 is 0 Å². The van der Waals surface area contributed by atoms with Crippen LogP contribution in [0.2, 0.25) is 0 Å². The highest BCUT2D eigenvalue weighted by Crippen LogP contribution is 2.12. The van der Waals surface area contributed by atoms with Crippen molar-refractivity contribution in [3.63, 3.8) is 0 Å². The summed E-state index contributed by atoms with van der Waals surface area (Å²) >= 11 is 0. The van der Waals surface area contributed by atoms with Crippen LogP contribution in [0.5, 0.6) is 0 Å². The molecule has 0 aliphatic rings. The van der Waals surface area contributed by atoms with Gasteiger partial charge in [-0.05, 0) is 34.1 Å². The summed E-state index contributed by atoms with van der Waals surface area (Å²) < 4.78 is 7.07. The van der Waals surface area contributed by atoms with Crippen LogP contribution in [0.15, 0.2) is 0 Å². The lowest BCUT2D eigenvalue weighted by Crippen LogP contribution is -2.26. The molecule has 102 valence electrons. The smallest absolute Gasteiger partial charge is 0.255 e. The summed E-state index contributed by atoms with van der Waals surface area (Å²) in [6.07, 6.45) is 0.833. The van der Waals surface area contributed by atoms with E-state index >= 15 is 0 Å². The molecule has 1 amide bonds. The Morgan fingerprint density at radius 3 is 2.67 bits per heavy atom. The molecule has 0 saturated heterocycles. The van der Waals surface area contributed by atoms with Crippen LogP contribution in [0.3, 0.4) is 0 Å². The number of carbonyl (C=O) groups is 1. The van der Waals surface area contributed by atoms with Crippen molar-refractivity contribution in [2.24, 2.45) is 0 Å². The van der Waals surface area contributed by atoms with Crippen LogP contribution >= 0.6 is 0 Å². The molecule has 5 heteroatoms. The Hall–Kier alpha value is -1.36. The molecule has 1 heterocycles. The van der Waals surface area contributed by atoms with Crippen LogP contribution in [0.25, 0.3) is 0 Å². The first-order chi connectivity index (χ1) is 8.61. The highest BCUT2D eigenvalue weighted by Gasteiger charge is 2.17. The molecule has 0 atom stereocenters. The number of hydrogen-bond donors (Lipinski definition) is 1. The Bertz CT molecular complexity index is 399. The van der Waals surface area contributed by atoms with E-state index in [0.717, 1.165) is 31.0 Å². The Morgan fingerprint density at radius 1 is 1.39 bits per heavy atom. The minimum absolute atomic E-state index is 0.0406. The van der Waals surface area contributed by atoms with Gasteiger partial charge in [-0.2, -0.15) is 5.10 Å². The molecule has 0 aromatic carbocycles. The van der Waals surface area contributed by atoms with Gasteiger partial charge < -0.3 is 10.1 Å². The molecular formula is C13H23N3O2. The van der Waals surface area contributed by atoms with Gasteiger partial charge in [0.25, 0.3) is 5.91 Å². The molecule has 0 bridgehead atoms. The highest BCUT2D eigenvalue weighted by atomic mass is 16.5. The van der Waals surface area contributed by atoms with E-state index in [2.05, 4.69) is 10.4 Å². The van der Waals surface area contributed by atoms with Gasteiger partial charge in [-0.3, -0.25) is 9.48 Å². The second kappa shape index (κ2) is 7.16. The molecular weight excluding hydrogens is 230 g/mol. The number of carbonyl (C=O) groups excluding carboxylic acids is 1. The lowest BCUT2D eigenvalue weighted by molar-refractivity contribution is 0.0943. The molecule has 18 heavy (non-hydrogen) atoms. The van der Waals surface area contributed by atoms with Crippen molar-refractivity contribution in [1.82, 2.24) is 15.1 Å². The van der Waals surface area contributed by atoms with Crippen LogP contribution in [0, 0.1) is 13.8 Å². The number of nitrogens with one attached hydrogen (secondary N) is 1. The summed E-state index contributed by atoms with van der Waals surface area (Å²) in [6.45, 7) is 10.6. The van der Waals surface area contributed by atoms with Crippen LogP contribution in [-0.4, -0.2) is 35.4 Å². The van der Waals surface area contributed by atoms with Crippen LogP contribution in [0.4, 0.5) is 0 Å². The van der Waals surface area contributed by atoms with Crippen LogP contribution in [0.1, 0.15) is 42.0 Å². The van der Waals surface area contributed by atoms with Gasteiger partial charge in [-0.1, -0.05) is 0 Å². The molecule has 1 aromatic heterocycles. The third kappa shape index (κ3) is 3.57. The monoisotopic (exact) mass is 253 g/mol. The molecule has 0 fully saturated rings.